The Kier molecular flexibility index (Phi) is 10.3. The van der Waals surface area contributed by atoms with Gasteiger partial charge in [-0.05, 0) is 44.6 Å². The summed E-state index contributed by atoms with van der Waals surface area (Å²) in [5.74, 6) is -0.960. The van der Waals surface area contributed by atoms with Gasteiger partial charge in [0.1, 0.15) is 24.4 Å². The Hall–Kier alpha value is -1.09. The first kappa shape index (κ1) is 33.3. The maximum absolute atomic E-state index is 13.0. The van der Waals surface area contributed by atoms with Crippen molar-refractivity contribution in [2.24, 2.45) is 40.5 Å². The lowest BCUT2D eigenvalue weighted by molar-refractivity contribution is -0.306. The first-order chi connectivity index (χ1) is 20.4. The van der Waals surface area contributed by atoms with E-state index < -0.39 is 91.1 Å². The number of carbonyl (C=O) groups is 1. The summed E-state index contributed by atoms with van der Waals surface area (Å²) in [6, 6.07) is -3.47. The van der Waals surface area contributed by atoms with Crippen LogP contribution in [-0.2, 0) is 19.0 Å². The smallest absolute Gasteiger partial charge is 0.253 e. The Bertz CT molecular complexity index is 964. The van der Waals surface area contributed by atoms with Crippen molar-refractivity contribution in [2.45, 2.75) is 129 Å². The highest BCUT2D eigenvalue weighted by molar-refractivity contribution is 5.89. The molecule has 3 aliphatic carbocycles. The molecular weight excluding hydrogens is 566 g/mol. The van der Waals surface area contributed by atoms with E-state index in [9.17, 15) is 30.3 Å². The predicted octanol–water partition coefficient (Wildman–Crippen LogP) is -6.01. The summed E-state index contributed by atoms with van der Waals surface area (Å²) in [6.45, 7) is 0.440. The van der Waals surface area contributed by atoms with Crippen molar-refractivity contribution in [1.29, 1.82) is 0 Å². The molecule has 17 N–H and O–H groups in total. The molecule has 2 aliphatic heterocycles. The summed E-state index contributed by atoms with van der Waals surface area (Å²) in [5.41, 5.74) is 28.7. The SMILES string of the molecule is NC[C@@H]1CC[C@@H](NCC2CC(N)C2)[C@@H](C2[C@@H](N)C[C@@H](NC(=O)C3(O)CC3N)[C@H](O[C@H]3O[C@H](CO)[C@@H](O)[C@H](N)[C@H]3O)[C@H]2O)O1. The average Bonchev–Trinajstić information content (AvgIpc) is 3.59. The molecule has 5 fully saturated rings. The summed E-state index contributed by atoms with van der Waals surface area (Å²) >= 11 is 0. The van der Waals surface area contributed by atoms with Crippen LogP contribution >= 0.6 is 0 Å². The Labute approximate surface area is 250 Å². The van der Waals surface area contributed by atoms with Crippen LogP contribution in [0.15, 0.2) is 0 Å². The molecule has 248 valence electrons. The number of amides is 1. The van der Waals surface area contributed by atoms with E-state index in [1.54, 1.807) is 0 Å². The lowest BCUT2D eigenvalue weighted by Crippen LogP contribution is -2.70. The van der Waals surface area contributed by atoms with Gasteiger partial charge in [-0.1, -0.05) is 0 Å². The first-order valence-corrected chi connectivity index (χ1v) is 15.5. The maximum Gasteiger partial charge on any atom is 0.253 e. The molecule has 16 heteroatoms. The molecule has 0 aromatic carbocycles. The molecule has 0 aromatic rings. The second-order valence-electron chi connectivity index (χ2n) is 13.3. The van der Waals surface area contributed by atoms with Gasteiger partial charge in [-0.25, -0.2) is 0 Å². The second kappa shape index (κ2) is 13.3. The minimum atomic E-state index is -1.74. The number of carbonyl (C=O) groups excluding carboxylic acids is 1. The quantitative estimate of drug-likeness (QED) is 0.109. The van der Waals surface area contributed by atoms with E-state index in [2.05, 4.69) is 10.6 Å². The van der Waals surface area contributed by atoms with E-state index in [0.29, 0.717) is 12.5 Å². The molecule has 5 rings (SSSR count). The van der Waals surface area contributed by atoms with Gasteiger partial charge >= 0.3 is 0 Å². The summed E-state index contributed by atoms with van der Waals surface area (Å²) in [6.07, 6.45) is -5.29. The van der Waals surface area contributed by atoms with Crippen LogP contribution < -0.4 is 39.3 Å². The van der Waals surface area contributed by atoms with Crippen molar-refractivity contribution in [3.63, 3.8) is 0 Å². The highest BCUT2D eigenvalue weighted by atomic mass is 16.7. The van der Waals surface area contributed by atoms with E-state index in [-0.39, 0.29) is 31.0 Å². The van der Waals surface area contributed by atoms with Crippen molar-refractivity contribution in [3.05, 3.63) is 0 Å². The number of aliphatic hydroxyl groups excluding tert-OH is 4. The fraction of sp³-hybridized carbons (Fsp3) is 0.963. The Morgan fingerprint density at radius 1 is 0.977 bits per heavy atom. The Morgan fingerprint density at radius 2 is 1.67 bits per heavy atom. The number of hydrogen-bond donors (Lipinski definition) is 12. The van der Waals surface area contributed by atoms with E-state index in [0.717, 1.165) is 32.2 Å². The van der Waals surface area contributed by atoms with Crippen LogP contribution in [0.2, 0.25) is 0 Å². The lowest BCUT2D eigenvalue weighted by Gasteiger charge is -2.51. The van der Waals surface area contributed by atoms with E-state index >= 15 is 0 Å². The standard InChI is InChI=1S/C27H51N7O9/c28-7-12-1-2-14(33-8-10-3-11(29)4-10)23(41-12)18-13(30)5-15(34-26(39)27(40)6-17(27)31)24(21(18)37)43-25-22(38)19(32)20(36)16(9-35)42-25/h10-25,33,35-38,40H,1-9,28-32H2,(H,34,39)/t10?,11?,12-,13-,14+,15+,16+,17?,18?,19-,20+,21-,22+,23-,24-,25+,27?/m0/s1. The monoisotopic (exact) mass is 617 g/mol. The summed E-state index contributed by atoms with van der Waals surface area (Å²) in [7, 11) is 0. The molecule has 5 aliphatic rings. The molecular formula is C27H51N7O9. The van der Waals surface area contributed by atoms with Crippen LogP contribution in [0.1, 0.15) is 38.5 Å². The van der Waals surface area contributed by atoms with Gasteiger partial charge in [0.15, 0.2) is 11.9 Å². The van der Waals surface area contributed by atoms with Gasteiger partial charge in [0, 0.05) is 43.1 Å². The summed E-state index contributed by atoms with van der Waals surface area (Å²) in [5, 5.41) is 59.6. The van der Waals surface area contributed by atoms with Gasteiger partial charge in [-0.15, -0.1) is 0 Å². The maximum atomic E-state index is 13.0. The van der Waals surface area contributed by atoms with Crippen LogP contribution in [0.5, 0.6) is 0 Å². The zero-order valence-corrected chi connectivity index (χ0v) is 24.4. The third-order valence-corrected chi connectivity index (χ3v) is 10.2. The molecule has 16 nitrogen and oxygen atoms in total. The largest absolute Gasteiger partial charge is 0.394 e. The Morgan fingerprint density at radius 3 is 2.28 bits per heavy atom. The van der Waals surface area contributed by atoms with E-state index in [1.807, 2.05) is 0 Å². The van der Waals surface area contributed by atoms with Crippen molar-refractivity contribution in [3.8, 4) is 0 Å². The summed E-state index contributed by atoms with van der Waals surface area (Å²) < 4.78 is 18.2. The van der Waals surface area contributed by atoms with Crippen molar-refractivity contribution >= 4 is 5.91 Å². The molecule has 2 heterocycles. The molecule has 3 saturated carbocycles. The first-order valence-electron chi connectivity index (χ1n) is 15.5. The van der Waals surface area contributed by atoms with Gasteiger partial charge in [0.25, 0.3) is 5.91 Å². The normalized spacial score (nSPS) is 51.9. The van der Waals surface area contributed by atoms with Crippen LogP contribution in [-0.4, -0.2) is 142 Å². The molecule has 43 heavy (non-hydrogen) atoms. The van der Waals surface area contributed by atoms with Gasteiger partial charge in [-0.3, -0.25) is 4.79 Å². The van der Waals surface area contributed by atoms with Gasteiger partial charge in [0.2, 0.25) is 0 Å². The van der Waals surface area contributed by atoms with Crippen LogP contribution in [0.25, 0.3) is 0 Å². The molecule has 0 bridgehead atoms. The second-order valence-corrected chi connectivity index (χ2v) is 13.3. The fourth-order valence-corrected chi connectivity index (χ4v) is 7.20. The zero-order valence-electron chi connectivity index (χ0n) is 24.4. The van der Waals surface area contributed by atoms with Gasteiger partial charge in [0.05, 0.1) is 37.0 Å². The van der Waals surface area contributed by atoms with Crippen LogP contribution in [0, 0.1) is 11.8 Å². The fourth-order valence-electron chi connectivity index (χ4n) is 7.20. The number of nitrogens with two attached hydrogens (primary N) is 5. The molecule has 1 amide bonds. The van der Waals surface area contributed by atoms with Gasteiger partial charge in [-0.2, -0.15) is 0 Å². The molecule has 0 aromatic heterocycles. The zero-order chi connectivity index (χ0) is 31.2. The number of aliphatic hydroxyl groups is 5. The molecule has 15 atom stereocenters. The van der Waals surface area contributed by atoms with Crippen molar-refractivity contribution in [1.82, 2.24) is 10.6 Å². The Balaban J connectivity index is 1.38. The van der Waals surface area contributed by atoms with Crippen molar-refractivity contribution in [2.75, 3.05) is 19.7 Å². The number of hydrogen-bond acceptors (Lipinski definition) is 15. The number of rotatable bonds is 10. The minimum absolute atomic E-state index is 0.0827. The lowest BCUT2D eigenvalue weighted by atomic mass is 9.71. The van der Waals surface area contributed by atoms with E-state index in [1.165, 1.54) is 0 Å². The molecule has 0 spiro atoms. The third-order valence-electron chi connectivity index (χ3n) is 10.2. The molecule has 0 radical (unpaired) electrons. The molecule has 3 unspecified atom stereocenters. The average molecular weight is 618 g/mol. The minimum Gasteiger partial charge on any atom is -0.394 e. The van der Waals surface area contributed by atoms with E-state index in [4.69, 9.17) is 42.9 Å². The van der Waals surface area contributed by atoms with Gasteiger partial charge < -0.3 is 79.0 Å². The predicted molar refractivity (Wildman–Crippen MR) is 152 cm³/mol. The highest BCUT2D eigenvalue weighted by Gasteiger charge is 2.59. The van der Waals surface area contributed by atoms with Crippen LogP contribution in [0.4, 0.5) is 0 Å². The molecule has 2 saturated heterocycles. The van der Waals surface area contributed by atoms with Crippen molar-refractivity contribution < 1.29 is 44.5 Å². The number of nitrogens with one attached hydrogen (secondary N) is 2. The third kappa shape index (κ3) is 6.73. The highest BCUT2D eigenvalue weighted by Crippen LogP contribution is 2.39. The number of ether oxygens (including phenoxy) is 3. The van der Waals surface area contributed by atoms with Crippen LogP contribution in [0.3, 0.4) is 0 Å². The topological polar surface area (TPSA) is 300 Å². The summed E-state index contributed by atoms with van der Waals surface area (Å²) in [4.78, 5) is 13.0.